The zero-order chi connectivity index (χ0) is 18.7. The molecule has 7 heteroatoms. The number of nitrogens with zero attached hydrogens (tertiary/aromatic N) is 2. The van der Waals surface area contributed by atoms with Gasteiger partial charge in [0.15, 0.2) is 0 Å². The summed E-state index contributed by atoms with van der Waals surface area (Å²) < 4.78 is 37.7. The predicted molar refractivity (Wildman–Crippen MR) is 90.8 cm³/mol. The Hall–Kier alpha value is -2.33. The normalized spacial score (nSPS) is 26.4. The number of hydrogen-bond acceptors (Lipinski definition) is 3. The first-order valence-corrected chi connectivity index (χ1v) is 8.70. The molecule has 2 heterocycles. The van der Waals surface area contributed by atoms with Crippen molar-refractivity contribution in [3.8, 4) is 6.07 Å². The van der Waals surface area contributed by atoms with Gasteiger partial charge in [0.25, 0.3) is 0 Å². The molecule has 26 heavy (non-hydrogen) atoms. The van der Waals surface area contributed by atoms with E-state index in [2.05, 4.69) is 11.4 Å². The number of carbonyl (C=O) groups excluding carboxylic acids is 1. The molecule has 0 aliphatic carbocycles. The van der Waals surface area contributed by atoms with Crippen LogP contribution in [-0.4, -0.2) is 35.5 Å². The van der Waals surface area contributed by atoms with Gasteiger partial charge in [0.1, 0.15) is 6.04 Å². The minimum atomic E-state index is -4.33. The van der Waals surface area contributed by atoms with Crippen LogP contribution in [0.25, 0.3) is 6.08 Å². The maximum absolute atomic E-state index is 12.6. The van der Waals surface area contributed by atoms with E-state index in [1.165, 1.54) is 12.1 Å². The van der Waals surface area contributed by atoms with Crippen LogP contribution >= 0.6 is 0 Å². The lowest BCUT2D eigenvalue weighted by Gasteiger charge is -2.23. The number of carbonyl (C=O) groups is 1. The average Bonchev–Trinajstić information content (AvgIpc) is 3.28. The van der Waals surface area contributed by atoms with E-state index in [1.54, 1.807) is 11.0 Å². The van der Waals surface area contributed by atoms with Crippen molar-refractivity contribution in [2.75, 3.05) is 6.54 Å². The van der Waals surface area contributed by atoms with Gasteiger partial charge in [0, 0.05) is 12.6 Å². The number of nitrogens with one attached hydrogen (secondary N) is 1. The molecule has 4 nitrogen and oxygen atoms in total. The van der Waals surface area contributed by atoms with E-state index in [9.17, 15) is 18.0 Å². The van der Waals surface area contributed by atoms with E-state index in [0.29, 0.717) is 18.5 Å². The van der Waals surface area contributed by atoms with Crippen LogP contribution in [0.3, 0.4) is 0 Å². The van der Waals surface area contributed by atoms with Crippen LogP contribution in [0.4, 0.5) is 13.2 Å². The average molecular weight is 363 g/mol. The van der Waals surface area contributed by atoms with Crippen molar-refractivity contribution in [2.45, 2.75) is 50.0 Å². The molecule has 2 fully saturated rings. The van der Waals surface area contributed by atoms with Crippen LogP contribution in [0.1, 0.15) is 36.8 Å². The molecule has 0 saturated carbocycles. The minimum Gasteiger partial charge on any atom is -0.325 e. The monoisotopic (exact) mass is 363 g/mol. The molecule has 0 spiro atoms. The van der Waals surface area contributed by atoms with Crippen molar-refractivity contribution >= 4 is 12.0 Å². The predicted octanol–water partition coefficient (Wildman–Crippen LogP) is 3.35. The van der Waals surface area contributed by atoms with Gasteiger partial charge in [0.2, 0.25) is 5.91 Å². The van der Waals surface area contributed by atoms with E-state index in [1.807, 2.05) is 6.08 Å². The third kappa shape index (κ3) is 4.07. The van der Waals surface area contributed by atoms with E-state index < -0.39 is 11.7 Å². The van der Waals surface area contributed by atoms with Crippen LogP contribution in [0, 0.1) is 11.3 Å². The number of nitriles is 1. The van der Waals surface area contributed by atoms with Gasteiger partial charge in [-0.1, -0.05) is 24.3 Å². The van der Waals surface area contributed by atoms with Crippen molar-refractivity contribution in [1.82, 2.24) is 10.2 Å². The quantitative estimate of drug-likeness (QED) is 0.896. The van der Waals surface area contributed by atoms with E-state index in [-0.39, 0.29) is 24.0 Å². The topological polar surface area (TPSA) is 56.1 Å². The highest BCUT2D eigenvalue weighted by molar-refractivity contribution is 5.83. The Kier molecular flexibility index (Phi) is 5.33. The summed E-state index contributed by atoms with van der Waals surface area (Å²) >= 11 is 0. The Balaban J connectivity index is 1.57. The van der Waals surface area contributed by atoms with E-state index in [0.717, 1.165) is 31.4 Å². The first-order valence-electron chi connectivity index (χ1n) is 8.70. The smallest absolute Gasteiger partial charge is 0.325 e. The zero-order valence-electron chi connectivity index (χ0n) is 14.2. The summed E-state index contributed by atoms with van der Waals surface area (Å²) in [7, 11) is 0. The van der Waals surface area contributed by atoms with Gasteiger partial charge >= 0.3 is 6.18 Å². The molecule has 0 radical (unpaired) electrons. The summed E-state index contributed by atoms with van der Waals surface area (Å²) in [5, 5.41) is 12.4. The van der Waals surface area contributed by atoms with Gasteiger partial charge in [-0.25, -0.2) is 0 Å². The van der Waals surface area contributed by atoms with E-state index in [4.69, 9.17) is 5.26 Å². The lowest BCUT2D eigenvalue weighted by atomic mass is 10.1. The summed E-state index contributed by atoms with van der Waals surface area (Å²) in [5.74, 6) is -0.0283. The van der Waals surface area contributed by atoms with Crippen molar-refractivity contribution in [3.05, 3.63) is 41.5 Å². The third-order valence-electron chi connectivity index (χ3n) is 4.92. The second-order valence-corrected chi connectivity index (χ2v) is 6.70. The fraction of sp³-hybridized carbons (Fsp3) is 0.474. The molecule has 1 aromatic rings. The SMILES string of the molecule is N#C[C@@H]1CCCN1C(=O)[C@@H]1CC[C@@H](C=Cc2ccc(C(F)(F)F)cc2)N1. The number of amides is 1. The highest BCUT2D eigenvalue weighted by atomic mass is 19.4. The van der Waals surface area contributed by atoms with Crippen LogP contribution in [0.15, 0.2) is 30.3 Å². The van der Waals surface area contributed by atoms with Gasteiger partial charge in [-0.2, -0.15) is 18.4 Å². The highest BCUT2D eigenvalue weighted by Gasteiger charge is 2.36. The molecule has 0 bridgehead atoms. The van der Waals surface area contributed by atoms with Gasteiger partial charge in [0.05, 0.1) is 17.7 Å². The Morgan fingerprint density at radius 2 is 1.96 bits per heavy atom. The Labute approximate surface area is 150 Å². The van der Waals surface area contributed by atoms with Crippen LogP contribution in [0.5, 0.6) is 0 Å². The summed E-state index contributed by atoms with van der Waals surface area (Å²) in [6, 6.07) is 6.52. The third-order valence-corrected chi connectivity index (χ3v) is 4.92. The van der Waals surface area contributed by atoms with Crippen LogP contribution in [0.2, 0.25) is 0 Å². The first-order chi connectivity index (χ1) is 12.4. The van der Waals surface area contributed by atoms with Crippen LogP contribution in [-0.2, 0) is 11.0 Å². The molecule has 3 atom stereocenters. The zero-order valence-corrected chi connectivity index (χ0v) is 14.2. The van der Waals surface area contributed by atoms with Crippen molar-refractivity contribution in [1.29, 1.82) is 5.26 Å². The maximum Gasteiger partial charge on any atom is 0.416 e. The summed E-state index contributed by atoms with van der Waals surface area (Å²) in [6.45, 7) is 0.626. The second kappa shape index (κ2) is 7.50. The van der Waals surface area contributed by atoms with Crippen molar-refractivity contribution < 1.29 is 18.0 Å². The number of alkyl halides is 3. The number of rotatable bonds is 3. The number of benzene rings is 1. The largest absolute Gasteiger partial charge is 0.416 e. The highest BCUT2D eigenvalue weighted by Crippen LogP contribution is 2.29. The molecule has 0 aromatic heterocycles. The molecule has 1 aromatic carbocycles. The molecule has 1 N–H and O–H groups in total. The fourth-order valence-electron chi connectivity index (χ4n) is 3.49. The Morgan fingerprint density at radius 3 is 2.62 bits per heavy atom. The van der Waals surface area contributed by atoms with E-state index >= 15 is 0 Å². The summed E-state index contributed by atoms with van der Waals surface area (Å²) in [6.07, 6.45) is 2.36. The molecule has 3 rings (SSSR count). The molecular formula is C19H20F3N3O. The molecule has 2 aliphatic heterocycles. The van der Waals surface area contributed by atoms with Gasteiger partial charge in [-0.15, -0.1) is 0 Å². The van der Waals surface area contributed by atoms with Crippen molar-refractivity contribution in [3.63, 3.8) is 0 Å². The van der Waals surface area contributed by atoms with Crippen molar-refractivity contribution in [2.24, 2.45) is 0 Å². The maximum atomic E-state index is 12.6. The molecule has 2 saturated heterocycles. The molecule has 2 aliphatic rings. The second-order valence-electron chi connectivity index (χ2n) is 6.70. The summed E-state index contributed by atoms with van der Waals surface area (Å²) in [4.78, 5) is 14.2. The standard InChI is InChI=1S/C19H20F3N3O/c20-19(21,22)14-6-3-13(4-7-14)5-8-15-9-10-17(24-15)18(26)25-11-1-2-16(25)12-23/h3-8,15-17,24H,1-2,9-11H2/t15-,16+,17+/m1/s1. The molecule has 0 unspecified atom stereocenters. The first kappa shape index (κ1) is 18.5. The Morgan fingerprint density at radius 1 is 1.23 bits per heavy atom. The number of hydrogen-bond donors (Lipinski definition) is 1. The fourth-order valence-corrected chi connectivity index (χ4v) is 3.49. The van der Waals surface area contributed by atoms with Gasteiger partial charge in [-0.3, -0.25) is 10.1 Å². The summed E-state index contributed by atoms with van der Waals surface area (Å²) in [5.41, 5.74) is 0.00984. The number of likely N-dealkylation sites (tertiary alicyclic amines) is 1. The Bertz CT molecular complexity index is 721. The van der Waals surface area contributed by atoms with Gasteiger partial charge < -0.3 is 4.90 Å². The lowest BCUT2D eigenvalue weighted by Crippen LogP contribution is -2.46. The molecule has 1 amide bonds. The van der Waals surface area contributed by atoms with Crippen LogP contribution < -0.4 is 5.32 Å². The minimum absolute atomic E-state index is 0.00520. The molecular weight excluding hydrogens is 343 g/mol. The lowest BCUT2D eigenvalue weighted by molar-refractivity contribution is -0.137. The molecule has 138 valence electrons. The number of halogens is 3. The van der Waals surface area contributed by atoms with Gasteiger partial charge in [-0.05, 0) is 43.4 Å².